The maximum Gasteiger partial charge on any atom is 0.416 e. The van der Waals surface area contributed by atoms with Gasteiger partial charge in [0, 0.05) is 19.7 Å². The van der Waals surface area contributed by atoms with E-state index in [1.807, 2.05) is 0 Å². The Kier molecular flexibility index (Phi) is 6.22. The van der Waals surface area contributed by atoms with Crippen LogP contribution in [0.1, 0.15) is 5.56 Å². The van der Waals surface area contributed by atoms with E-state index in [1.54, 1.807) is 14.1 Å². The zero-order chi connectivity index (χ0) is 20.4. The van der Waals surface area contributed by atoms with Crippen LogP contribution in [0.4, 0.5) is 18.9 Å². The molecule has 0 radical (unpaired) electrons. The summed E-state index contributed by atoms with van der Waals surface area (Å²) in [6, 6.07) is 5.84. The number of anilines is 1. The van der Waals surface area contributed by atoms with Crippen molar-refractivity contribution < 1.29 is 22.4 Å². The fourth-order valence-corrected chi connectivity index (χ4v) is 2.45. The average molecular weight is 420 g/mol. The molecule has 2 aromatic carbocycles. The first-order valence-electron chi connectivity index (χ1n) is 7.38. The van der Waals surface area contributed by atoms with Gasteiger partial charge in [-0.25, -0.2) is 4.98 Å². The second kappa shape index (κ2) is 8.06. The van der Waals surface area contributed by atoms with Gasteiger partial charge in [-0.2, -0.15) is 13.2 Å². The molecule has 0 bridgehead atoms. The first-order valence-corrected chi connectivity index (χ1v) is 8.13. The van der Waals surface area contributed by atoms with Gasteiger partial charge in [0.05, 0.1) is 21.3 Å². The van der Waals surface area contributed by atoms with E-state index in [0.29, 0.717) is 5.56 Å². The van der Waals surface area contributed by atoms with Crippen molar-refractivity contribution in [3.05, 3.63) is 45.9 Å². The Morgan fingerprint density at radius 1 is 1.15 bits per heavy atom. The van der Waals surface area contributed by atoms with Crippen molar-refractivity contribution in [1.29, 1.82) is 0 Å². The van der Waals surface area contributed by atoms with Crippen LogP contribution in [0.3, 0.4) is 0 Å². The van der Waals surface area contributed by atoms with Crippen molar-refractivity contribution in [3.8, 4) is 11.5 Å². The molecule has 2 N–H and O–H groups in total. The number of fused-ring (bicyclic) bond motifs is 1. The number of hydrogen-bond acceptors (Lipinski definition) is 4. The Labute approximate surface area is 162 Å². The zero-order valence-corrected chi connectivity index (χ0v) is 15.7. The number of benzene rings is 2. The first-order chi connectivity index (χ1) is 12.5. The van der Waals surface area contributed by atoms with Crippen LogP contribution in [0.5, 0.6) is 0 Å². The maximum atomic E-state index is 12.6. The van der Waals surface area contributed by atoms with Gasteiger partial charge in [-0.1, -0.05) is 23.2 Å². The van der Waals surface area contributed by atoms with Crippen LogP contribution in [-0.2, 0) is 11.0 Å². The van der Waals surface area contributed by atoms with Crippen LogP contribution in [0.2, 0.25) is 10.0 Å². The van der Waals surface area contributed by atoms with Gasteiger partial charge in [-0.3, -0.25) is 4.79 Å². The topological polar surface area (TPSA) is 72.4 Å². The Morgan fingerprint density at radius 2 is 1.70 bits per heavy atom. The van der Waals surface area contributed by atoms with Gasteiger partial charge >= 0.3 is 6.18 Å². The Morgan fingerprint density at radius 3 is 2.19 bits per heavy atom. The van der Waals surface area contributed by atoms with Gasteiger partial charge < -0.3 is 15.1 Å². The number of aromatic nitrogens is 1. The van der Waals surface area contributed by atoms with Crippen LogP contribution in [0, 0.1) is 0 Å². The summed E-state index contributed by atoms with van der Waals surface area (Å²) in [5.74, 6) is 0.111. The average Bonchev–Trinajstić information content (AvgIpc) is 3.06. The summed E-state index contributed by atoms with van der Waals surface area (Å²) in [6.45, 7) is 0. The predicted octanol–water partition coefficient (Wildman–Crippen LogP) is 5.11. The third-order valence-electron chi connectivity index (χ3n) is 3.28. The van der Waals surface area contributed by atoms with Crippen LogP contribution in [-0.4, -0.2) is 30.4 Å². The molecule has 0 aliphatic heterocycles. The highest BCUT2D eigenvalue weighted by Crippen LogP contribution is 2.37. The van der Waals surface area contributed by atoms with Gasteiger partial charge in [-0.15, -0.1) is 0 Å². The molecule has 0 fully saturated rings. The molecule has 0 aliphatic carbocycles. The number of halogens is 5. The molecule has 144 valence electrons. The molecular formula is C17H14Cl2F3N3O2. The van der Waals surface area contributed by atoms with Gasteiger partial charge in [0.15, 0.2) is 5.58 Å². The minimum Gasteiger partial charge on any atom is -0.434 e. The summed E-state index contributed by atoms with van der Waals surface area (Å²) in [7, 11) is 3.38. The Bertz CT molecular complexity index is 955. The fraction of sp³-hybridized carbons (Fsp3) is 0.176. The molecule has 3 aromatic rings. The van der Waals surface area contributed by atoms with Crippen molar-refractivity contribution in [1.82, 2.24) is 9.88 Å². The molecular weight excluding hydrogens is 406 g/mol. The highest BCUT2D eigenvalue weighted by Gasteiger charge is 2.30. The molecule has 1 amide bonds. The van der Waals surface area contributed by atoms with Gasteiger partial charge in [0.1, 0.15) is 5.52 Å². The number of nitrogens with zero attached hydrogens (tertiary/aromatic N) is 2. The third-order valence-corrected chi connectivity index (χ3v) is 3.87. The van der Waals surface area contributed by atoms with Gasteiger partial charge in [0.2, 0.25) is 12.3 Å². The summed E-state index contributed by atoms with van der Waals surface area (Å²) < 4.78 is 43.1. The molecule has 0 saturated carbocycles. The molecule has 10 heteroatoms. The largest absolute Gasteiger partial charge is 0.434 e. The number of amides is 1. The van der Waals surface area contributed by atoms with Crippen molar-refractivity contribution in [2.24, 2.45) is 0 Å². The van der Waals surface area contributed by atoms with Crippen LogP contribution < -0.4 is 5.73 Å². The summed E-state index contributed by atoms with van der Waals surface area (Å²) in [5.41, 5.74) is 6.12. The SMILES string of the molecule is CN(C)C=O.Nc1c(Cl)cc(Cl)c2oc(-c3ccc(C(F)(F)F)cc3)nc12. The van der Waals surface area contributed by atoms with Crippen molar-refractivity contribution in [3.63, 3.8) is 0 Å². The standard InChI is InChI=1S/C14H7Cl2F3N2O.C3H7NO/c15-8-5-9(16)12-11(10(8)20)21-13(22-12)6-1-3-7(4-2-6)14(17,18)19;1-4(2)3-5/h1-5H,20H2;3H,1-2H3. The number of alkyl halides is 3. The summed E-state index contributed by atoms with van der Waals surface area (Å²) in [4.78, 5) is 15.0. The molecule has 3 rings (SSSR count). The third kappa shape index (κ3) is 4.84. The first kappa shape index (κ1) is 20.9. The van der Waals surface area contributed by atoms with E-state index in [9.17, 15) is 18.0 Å². The minimum atomic E-state index is -4.40. The molecule has 1 heterocycles. The fourth-order valence-electron chi connectivity index (χ4n) is 1.96. The lowest BCUT2D eigenvalue weighted by Gasteiger charge is -2.05. The summed E-state index contributed by atoms with van der Waals surface area (Å²) in [6.07, 6.45) is -3.65. The number of rotatable bonds is 2. The number of carbonyl (C=O) groups excluding carboxylic acids is 1. The zero-order valence-electron chi connectivity index (χ0n) is 14.1. The monoisotopic (exact) mass is 419 g/mol. The van der Waals surface area contributed by atoms with E-state index in [1.165, 1.54) is 23.1 Å². The van der Waals surface area contributed by atoms with E-state index in [-0.39, 0.29) is 32.7 Å². The molecule has 5 nitrogen and oxygen atoms in total. The molecule has 0 saturated heterocycles. The molecule has 1 aromatic heterocycles. The van der Waals surface area contributed by atoms with Crippen LogP contribution >= 0.6 is 23.2 Å². The molecule has 27 heavy (non-hydrogen) atoms. The quantitative estimate of drug-likeness (QED) is 0.462. The molecule has 0 unspecified atom stereocenters. The van der Waals surface area contributed by atoms with Gasteiger partial charge in [0.25, 0.3) is 0 Å². The number of nitrogens with two attached hydrogens (primary N) is 1. The van der Waals surface area contributed by atoms with Crippen molar-refractivity contribution >= 4 is 46.4 Å². The lowest BCUT2D eigenvalue weighted by molar-refractivity contribution is -0.137. The second-order valence-electron chi connectivity index (χ2n) is 5.59. The van der Waals surface area contributed by atoms with E-state index in [0.717, 1.165) is 18.5 Å². The predicted molar refractivity (Wildman–Crippen MR) is 98.6 cm³/mol. The van der Waals surface area contributed by atoms with E-state index < -0.39 is 11.7 Å². The van der Waals surface area contributed by atoms with E-state index in [4.69, 9.17) is 33.4 Å². The highest BCUT2D eigenvalue weighted by atomic mass is 35.5. The maximum absolute atomic E-state index is 12.6. The number of oxazole rings is 1. The molecule has 0 atom stereocenters. The van der Waals surface area contributed by atoms with E-state index >= 15 is 0 Å². The molecule has 0 spiro atoms. The normalized spacial score (nSPS) is 11.1. The lowest BCUT2D eigenvalue weighted by Crippen LogP contribution is -2.06. The minimum absolute atomic E-state index is 0.111. The number of nitrogen functional groups attached to an aromatic ring is 1. The van der Waals surface area contributed by atoms with Crippen molar-refractivity contribution in [2.75, 3.05) is 19.8 Å². The number of hydrogen-bond donors (Lipinski definition) is 1. The summed E-state index contributed by atoms with van der Waals surface area (Å²) in [5, 5.41) is 0.449. The summed E-state index contributed by atoms with van der Waals surface area (Å²) >= 11 is 11.9. The highest BCUT2D eigenvalue weighted by molar-refractivity contribution is 6.40. The smallest absolute Gasteiger partial charge is 0.416 e. The molecule has 0 aliphatic rings. The van der Waals surface area contributed by atoms with Crippen LogP contribution in [0.15, 0.2) is 34.7 Å². The van der Waals surface area contributed by atoms with E-state index in [2.05, 4.69) is 4.98 Å². The van der Waals surface area contributed by atoms with Crippen molar-refractivity contribution in [2.45, 2.75) is 6.18 Å². The van der Waals surface area contributed by atoms with Gasteiger partial charge in [-0.05, 0) is 30.3 Å². The Hall–Kier alpha value is -2.45. The Balaban J connectivity index is 0.000000465. The second-order valence-corrected chi connectivity index (χ2v) is 6.41. The van der Waals surface area contributed by atoms with Crippen LogP contribution in [0.25, 0.3) is 22.6 Å². The lowest BCUT2D eigenvalue weighted by atomic mass is 10.1. The number of carbonyl (C=O) groups is 1.